The smallest absolute Gasteiger partial charge is 0.241 e. The van der Waals surface area contributed by atoms with Crippen LogP contribution in [0.3, 0.4) is 0 Å². The number of carbonyl (C=O) groups excluding carboxylic acids is 1. The van der Waals surface area contributed by atoms with E-state index >= 15 is 0 Å². The summed E-state index contributed by atoms with van der Waals surface area (Å²) in [4.78, 5) is 15.0. The zero-order chi connectivity index (χ0) is 14.3. The number of nitrogens with one attached hydrogen (secondary N) is 1. The minimum Gasteiger partial charge on any atom is -0.394 e. The molecule has 110 valence electrons. The molecule has 1 saturated heterocycles. The van der Waals surface area contributed by atoms with Crippen LogP contribution in [0.2, 0.25) is 0 Å². The Bertz CT molecular complexity index is 357. The Kier molecular flexibility index (Phi) is 3.69. The SMILES string of the molecule is CC1(C)CN(C(C)(C)CO)C2(CCCCC2)C(=O)N1. The van der Waals surface area contributed by atoms with Gasteiger partial charge in [0, 0.05) is 17.6 Å². The van der Waals surface area contributed by atoms with Crippen molar-refractivity contribution < 1.29 is 9.90 Å². The van der Waals surface area contributed by atoms with Gasteiger partial charge in [0.05, 0.1) is 6.61 Å². The third-order valence-electron chi connectivity index (χ3n) is 4.74. The highest BCUT2D eigenvalue weighted by atomic mass is 16.3. The first kappa shape index (κ1) is 14.8. The molecule has 4 heteroatoms. The molecular weight excluding hydrogens is 240 g/mol. The highest BCUT2D eigenvalue weighted by Crippen LogP contribution is 2.41. The van der Waals surface area contributed by atoms with Gasteiger partial charge in [0.1, 0.15) is 5.54 Å². The molecule has 4 nitrogen and oxygen atoms in total. The van der Waals surface area contributed by atoms with Crippen molar-refractivity contribution in [2.75, 3.05) is 13.2 Å². The van der Waals surface area contributed by atoms with Crippen molar-refractivity contribution in [3.05, 3.63) is 0 Å². The van der Waals surface area contributed by atoms with Crippen LogP contribution < -0.4 is 5.32 Å². The van der Waals surface area contributed by atoms with E-state index in [0.717, 1.165) is 32.2 Å². The van der Waals surface area contributed by atoms with E-state index in [2.05, 4.69) is 24.1 Å². The normalized spacial score (nSPS) is 27.3. The van der Waals surface area contributed by atoms with Gasteiger partial charge in [0.2, 0.25) is 5.91 Å². The Balaban J connectivity index is 2.39. The fourth-order valence-corrected chi connectivity index (χ4v) is 3.64. The lowest BCUT2D eigenvalue weighted by Gasteiger charge is -2.58. The molecule has 0 bridgehead atoms. The summed E-state index contributed by atoms with van der Waals surface area (Å²) in [5.74, 6) is 0.157. The van der Waals surface area contributed by atoms with Crippen LogP contribution in [0.5, 0.6) is 0 Å². The van der Waals surface area contributed by atoms with E-state index in [1.165, 1.54) is 6.42 Å². The summed E-state index contributed by atoms with van der Waals surface area (Å²) in [6, 6.07) is 0. The van der Waals surface area contributed by atoms with Crippen LogP contribution in [0.4, 0.5) is 0 Å². The van der Waals surface area contributed by atoms with Gasteiger partial charge in [-0.3, -0.25) is 9.69 Å². The summed E-state index contributed by atoms with van der Waals surface area (Å²) >= 11 is 0. The average molecular weight is 268 g/mol. The third kappa shape index (κ3) is 2.52. The number of rotatable bonds is 2. The molecule has 1 aliphatic carbocycles. The second-order valence-electron chi connectivity index (χ2n) is 7.49. The first-order chi connectivity index (χ1) is 8.73. The average Bonchev–Trinajstić information content (AvgIpc) is 2.35. The number of piperazine rings is 1. The lowest BCUT2D eigenvalue weighted by Crippen LogP contribution is -2.76. The molecule has 1 spiro atoms. The molecule has 0 radical (unpaired) electrons. The van der Waals surface area contributed by atoms with Crippen LogP contribution in [0, 0.1) is 0 Å². The number of carbonyl (C=O) groups is 1. The van der Waals surface area contributed by atoms with Crippen LogP contribution in [0.15, 0.2) is 0 Å². The molecule has 2 aliphatic rings. The zero-order valence-corrected chi connectivity index (χ0v) is 12.8. The van der Waals surface area contributed by atoms with Crippen LogP contribution in [0.1, 0.15) is 59.8 Å². The molecule has 1 amide bonds. The van der Waals surface area contributed by atoms with Crippen molar-refractivity contribution in [1.82, 2.24) is 10.2 Å². The van der Waals surface area contributed by atoms with E-state index in [4.69, 9.17) is 0 Å². The Morgan fingerprint density at radius 1 is 1.26 bits per heavy atom. The third-order valence-corrected chi connectivity index (χ3v) is 4.74. The quantitative estimate of drug-likeness (QED) is 0.801. The summed E-state index contributed by atoms with van der Waals surface area (Å²) in [6.07, 6.45) is 5.25. The number of hydrogen-bond donors (Lipinski definition) is 2. The minimum atomic E-state index is -0.403. The van der Waals surface area contributed by atoms with E-state index in [1.807, 2.05) is 13.8 Å². The second-order valence-corrected chi connectivity index (χ2v) is 7.49. The molecule has 2 rings (SSSR count). The van der Waals surface area contributed by atoms with Crippen molar-refractivity contribution in [2.45, 2.75) is 76.4 Å². The zero-order valence-electron chi connectivity index (χ0n) is 12.8. The second kappa shape index (κ2) is 4.74. The van der Waals surface area contributed by atoms with Gasteiger partial charge >= 0.3 is 0 Å². The van der Waals surface area contributed by atoms with Crippen LogP contribution in [0.25, 0.3) is 0 Å². The van der Waals surface area contributed by atoms with Gasteiger partial charge in [0.15, 0.2) is 0 Å². The van der Waals surface area contributed by atoms with E-state index < -0.39 is 5.54 Å². The van der Waals surface area contributed by atoms with Crippen molar-refractivity contribution in [1.29, 1.82) is 0 Å². The summed E-state index contributed by atoms with van der Waals surface area (Å²) in [7, 11) is 0. The minimum absolute atomic E-state index is 0.0815. The molecule has 1 aliphatic heterocycles. The van der Waals surface area contributed by atoms with Crippen molar-refractivity contribution in [3.63, 3.8) is 0 Å². The lowest BCUT2D eigenvalue weighted by atomic mass is 9.74. The molecule has 0 unspecified atom stereocenters. The Hall–Kier alpha value is -0.610. The number of hydrogen-bond acceptors (Lipinski definition) is 3. The van der Waals surface area contributed by atoms with Crippen molar-refractivity contribution in [2.24, 2.45) is 0 Å². The van der Waals surface area contributed by atoms with E-state index in [1.54, 1.807) is 0 Å². The van der Waals surface area contributed by atoms with Gasteiger partial charge in [0.25, 0.3) is 0 Å². The Morgan fingerprint density at radius 3 is 2.37 bits per heavy atom. The molecule has 2 fully saturated rings. The maximum atomic E-state index is 12.7. The van der Waals surface area contributed by atoms with Crippen molar-refractivity contribution >= 4 is 5.91 Å². The fraction of sp³-hybridized carbons (Fsp3) is 0.933. The van der Waals surface area contributed by atoms with E-state index in [0.29, 0.717) is 0 Å². The lowest BCUT2D eigenvalue weighted by molar-refractivity contribution is -0.156. The summed E-state index contributed by atoms with van der Waals surface area (Å²) < 4.78 is 0. The highest BCUT2D eigenvalue weighted by Gasteiger charge is 2.54. The van der Waals surface area contributed by atoms with Gasteiger partial charge in [-0.2, -0.15) is 0 Å². The summed E-state index contributed by atoms with van der Waals surface area (Å²) in [6.45, 7) is 9.07. The highest BCUT2D eigenvalue weighted by molar-refractivity contribution is 5.88. The number of nitrogens with zero attached hydrogens (tertiary/aromatic N) is 1. The summed E-state index contributed by atoms with van der Waals surface area (Å²) in [5.41, 5.74) is -0.988. The van der Waals surface area contributed by atoms with E-state index in [9.17, 15) is 9.90 Å². The fourth-order valence-electron chi connectivity index (χ4n) is 3.64. The van der Waals surface area contributed by atoms with Crippen LogP contribution >= 0.6 is 0 Å². The maximum absolute atomic E-state index is 12.7. The predicted octanol–water partition coefficient (Wildman–Crippen LogP) is 1.67. The number of aliphatic hydroxyl groups is 1. The monoisotopic (exact) mass is 268 g/mol. The largest absolute Gasteiger partial charge is 0.394 e. The Labute approximate surface area is 116 Å². The molecule has 0 atom stereocenters. The van der Waals surface area contributed by atoms with Gasteiger partial charge in [-0.05, 0) is 40.5 Å². The van der Waals surface area contributed by atoms with Gasteiger partial charge < -0.3 is 10.4 Å². The number of amides is 1. The number of aliphatic hydroxyl groups excluding tert-OH is 1. The Morgan fingerprint density at radius 2 is 1.84 bits per heavy atom. The molecule has 0 aromatic carbocycles. The standard InChI is InChI=1S/C15H28N2O2/c1-13(2)10-17(14(3,4)11-18)15(12(19)16-13)8-6-5-7-9-15/h18H,5-11H2,1-4H3,(H,16,19). The van der Waals surface area contributed by atoms with Crippen LogP contribution in [-0.4, -0.2) is 45.7 Å². The van der Waals surface area contributed by atoms with E-state index in [-0.39, 0.29) is 23.6 Å². The van der Waals surface area contributed by atoms with Gasteiger partial charge in [-0.25, -0.2) is 0 Å². The topological polar surface area (TPSA) is 52.6 Å². The first-order valence-corrected chi connectivity index (χ1v) is 7.45. The summed E-state index contributed by atoms with van der Waals surface area (Å²) in [5, 5.41) is 12.9. The molecule has 2 N–H and O–H groups in total. The van der Waals surface area contributed by atoms with Crippen LogP contribution in [-0.2, 0) is 4.79 Å². The van der Waals surface area contributed by atoms with Gasteiger partial charge in [-0.15, -0.1) is 0 Å². The maximum Gasteiger partial charge on any atom is 0.241 e. The molecule has 1 saturated carbocycles. The molecule has 1 heterocycles. The van der Waals surface area contributed by atoms with Gasteiger partial charge in [-0.1, -0.05) is 19.3 Å². The molecule has 19 heavy (non-hydrogen) atoms. The predicted molar refractivity (Wildman–Crippen MR) is 75.9 cm³/mol. The first-order valence-electron chi connectivity index (χ1n) is 7.45. The van der Waals surface area contributed by atoms with Crippen molar-refractivity contribution in [3.8, 4) is 0 Å². The molecule has 0 aromatic rings. The molecule has 0 aromatic heterocycles. The molecular formula is C15H28N2O2.